The molecule has 1 heterocycles. The van der Waals surface area contributed by atoms with Crippen molar-refractivity contribution >= 4 is 33.8 Å². The third-order valence-corrected chi connectivity index (χ3v) is 3.75. The van der Waals surface area contributed by atoms with E-state index in [-0.39, 0.29) is 0 Å². The van der Waals surface area contributed by atoms with Crippen molar-refractivity contribution in [3.8, 4) is 0 Å². The van der Waals surface area contributed by atoms with Crippen LogP contribution in [-0.2, 0) is 0 Å². The highest BCUT2D eigenvalue weighted by Gasteiger charge is 2.09. The molecule has 0 amide bonds. The van der Waals surface area contributed by atoms with Crippen LogP contribution in [0.5, 0.6) is 0 Å². The Balaban J connectivity index is 1.79. The van der Waals surface area contributed by atoms with Crippen LogP contribution >= 0.6 is 0 Å². The summed E-state index contributed by atoms with van der Waals surface area (Å²) < 4.78 is 0. The lowest BCUT2D eigenvalue weighted by Crippen LogP contribution is -1.99. The molecule has 2 N–H and O–H groups in total. The molecule has 0 atom stereocenters. The second kappa shape index (κ2) is 6.38. The van der Waals surface area contributed by atoms with E-state index in [4.69, 9.17) is 0 Å². The number of para-hydroxylation sites is 2. The van der Waals surface area contributed by atoms with Gasteiger partial charge in [-0.05, 0) is 36.4 Å². The van der Waals surface area contributed by atoms with E-state index in [0.29, 0.717) is 0 Å². The van der Waals surface area contributed by atoms with E-state index < -0.39 is 0 Å². The fourth-order valence-corrected chi connectivity index (χ4v) is 2.64. The van der Waals surface area contributed by atoms with E-state index in [1.54, 1.807) is 6.33 Å². The van der Waals surface area contributed by atoms with Gasteiger partial charge in [0.05, 0.1) is 16.6 Å². The summed E-state index contributed by atoms with van der Waals surface area (Å²) in [6.45, 7) is 0. The highest BCUT2D eigenvalue weighted by atomic mass is 15.0. The largest absolute Gasteiger partial charge is 0.355 e. The van der Waals surface area contributed by atoms with E-state index in [1.165, 1.54) is 0 Å². The molecule has 4 aromatic rings. The Morgan fingerprint density at radius 2 is 1.25 bits per heavy atom. The number of hydrogen-bond acceptors (Lipinski definition) is 4. The Kier molecular flexibility index (Phi) is 3.78. The van der Waals surface area contributed by atoms with Gasteiger partial charge < -0.3 is 10.6 Å². The lowest BCUT2D eigenvalue weighted by atomic mass is 10.1. The van der Waals surface area contributed by atoms with Crippen LogP contribution in [0.3, 0.4) is 0 Å². The van der Waals surface area contributed by atoms with E-state index >= 15 is 0 Å². The zero-order valence-electron chi connectivity index (χ0n) is 13.0. The Morgan fingerprint density at radius 3 is 1.96 bits per heavy atom. The third-order valence-electron chi connectivity index (χ3n) is 3.75. The van der Waals surface area contributed by atoms with E-state index in [2.05, 4.69) is 20.6 Å². The molecule has 0 spiro atoms. The zero-order chi connectivity index (χ0) is 16.2. The van der Waals surface area contributed by atoms with Crippen LogP contribution in [0.15, 0.2) is 85.2 Å². The van der Waals surface area contributed by atoms with Crippen molar-refractivity contribution in [1.82, 2.24) is 9.97 Å². The molecule has 0 fully saturated rings. The first-order valence-electron chi connectivity index (χ1n) is 7.78. The van der Waals surface area contributed by atoms with Gasteiger partial charge in [-0.3, -0.25) is 0 Å². The summed E-state index contributed by atoms with van der Waals surface area (Å²) in [6, 6.07) is 26.1. The first kappa shape index (κ1) is 14.2. The molecular formula is C20H16N4. The van der Waals surface area contributed by atoms with Crippen LogP contribution in [0.1, 0.15) is 0 Å². The molecule has 116 valence electrons. The maximum absolute atomic E-state index is 4.44. The third kappa shape index (κ3) is 2.90. The van der Waals surface area contributed by atoms with Crippen LogP contribution in [0.2, 0.25) is 0 Å². The number of fused-ring (bicyclic) bond motifs is 1. The number of nitrogens with one attached hydrogen (secondary N) is 2. The summed E-state index contributed by atoms with van der Waals surface area (Å²) >= 11 is 0. The molecule has 4 rings (SSSR count). The monoisotopic (exact) mass is 312 g/mol. The molecule has 0 aliphatic rings. The summed E-state index contributed by atoms with van der Waals surface area (Å²) in [7, 11) is 0. The van der Waals surface area contributed by atoms with Gasteiger partial charge in [-0.1, -0.05) is 42.5 Å². The first-order valence-corrected chi connectivity index (χ1v) is 7.78. The summed E-state index contributed by atoms with van der Waals surface area (Å²) in [5.41, 5.74) is 3.88. The predicted molar refractivity (Wildman–Crippen MR) is 99.0 cm³/mol. The number of nitrogens with zero attached hydrogens (tertiary/aromatic N) is 2. The molecule has 4 nitrogen and oxygen atoms in total. The summed E-state index contributed by atoms with van der Waals surface area (Å²) in [5.74, 6) is 0.783. The molecule has 0 aliphatic carbocycles. The second-order valence-electron chi connectivity index (χ2n) is 5.40. The Hall–Kier alpha value is -3.40. The molecule has 3 aromatic carbocycles. The minimum Gasteiger partial charge on any atom is -0.355 e. The van der Waals surface area contributed by atoms with Crippen LogP contribution < -0.4 is 10.6 Å². The van der Waals surface area contributed by atoms with Crippen molar-refractivity contribution in [2.45, 2.75) is 0 Å². The van der Waals surface area contributed by atoms with Gasteiger partial charge in [-0.15, -0.1) is 0 Å². The molecule has 0 saturated heterocycles. The highest BCUT2D eigenvalue weighted by Crippen LogP contribution is 2.31. The fourth-order valence-electron chi connectivity index (χ4n) is 2.64. The van der Waals surface area contributed by atoms with Crippen molar-refractivity contribution in [1.29, 1.82) is 0 Å². The lowest BCUT2D eigenvalue weighted by molar-refractivity contribution is 1.22. The number of benzene rings is 3. The Morgan fingerprint density at radius 1 is 0.583 bits per heavy atom. The molecule has 0 radical (unpaired) electrons. The highest BCUT2D eigenvalue weighted by molar-refractivity contribution is 6.01. The van der Waals surface area contributed by atoms with Gasteiger partial charge in [-0.2, -0.15) is 0 Å². The quantitative estimate of drug-likeness (QED) is 0.549. The minimum atomic E-state index is 0.783. The van der Waals surface area contributed by atoms with Crippen molar-refractivity contribution in [2.75, 3.05) is 10.6 Å². The predicted octanol–water partition coefficient (Wildman–Crippen LogP) is 5.12. The van der Waals surface area contributed by atoms with Gasteiger partial charge in [0, 0.05) is 11.4 Å². The standard InChI is InChI=1S/C20H16N4/c1-3-8-15(9-4-1)23-18-13-7-12-17-19(18)20(22-14-21-17)24-16-10-5-2-6-11-16/h1-14,23H,(H,21,22,24). The van der Waals surface area contributed by atoms with E-state index in [9.17, 15) is 0 Å². The molecule has 4 heteroatoms. The number of hydrogen-bond donors (Lipinski definition) is 2. The zero-order valence-corrected chi connectivity index (χ0v) is 13.0. The van der Waals surface area contributed by atoms with E-state index in [1.807, 2.05) is 78.9 Å². The number of anilines is 4. The molecule has 0 bridgehead atoms. The van der Waals surface area contributed by atoms with Crippen molar-refractivity contribution in [3.63, 3.8) is 0 Å². The smallest absolute Gasteiger partial charge is 0.143 e. The molecule has 0 aliphatic heterocycles. The number of aromatic nitrogens is 2. The topological polar surface area (TPSA) is 49.8 Å². The van der Waals surface area contributed by atoms with Crippen LogP contribution in [0.4, 0.5) is 22.9 Å². The van der Waals surface area contributed by atoms with Crippen LogP contribution in [-0.4, -0.2) is 9.97 Å². The Bertz CT molecular complexity index is 877. The molecular weight excluding hydrogens is 296 g/mol. The average molecular weight is 312 g/mol. The molecule has 0 unspecified atom stereocenters. The maximum Gasteiger partial charge on any atom is 0.143 e. The molecule has 1 aromatic heterocycles. The van der Waals surface area contributed by atoms with Gasteiger partial charge in [-0.25, -0.2) is 9.97 Å². The molecule has 24 heavy (non-hydrogen) atoms. The Labute approximate surface area is 140 Å². The van der Waals surface area contributed by atoms with Gasteiger partial charge >= 0.3 is 0 Å². The molecule has 0 saturated carbocycles. The maximum atomic E-state index is 4.44. The van der Waals surface area contributed by atoms with Crippen molar-refractivity contribution < 1.29 is 0 Å². The van der Waals surface area contributed by atoms with Gasteiger partial charge in [0.2, 0.25) is 0 Å². The normalized spacial score (nSPS) is 10.5. The second-order valence-corrected chi connectivity index (χ2v) is 5.40. The summed E-state index contributed by atoms with van der Waals surface area (Å²) in [6.07, 6.45) is 1.58. The fraction of sp³-hybridized carbons (Fsp3) is 0. The summed E-state index contributed by atoms with van der Waals surface area (Å²) in [4.78, 5) is 8.84. The first-order chi connectivity index (χ1) is 11.9. The average Bonchev–Trinajstić information content (AvgIpc) is 2.64. The van der Waals surface area contributed by atoms with Crippen molar-refractivity contribution in [3.05, 3.63) is 85.2 Å². The van der Waals surface area contributed by atoms with Crippen LogP contribution in [0, 0.1) is 0 Å². The van der Waals surface area contributed by atoms with Gasteiger partial charge in [0.15, 0.2) is 0 Å². The lowest BCUT2D eigenvalue weighted by Gasteiger charge is -2.13. The minimum absolute atomic E-state index is 0.783. The number of rotatable bonds is 4. The summed E-state index contributed by atoms with van der Waals surface area (Å²) in [5, 5.41) is 7.80. The van der Waals surface area contributed by atoms with Crippen molar-refractivity contribution in [2.24, 2.45) is 0 Å². The van der Waals surface area contributed by atoms with Gasteiger partial charge in [0.25, 0.3) is 0 Å². The van der Waals surface area contributed by atoms with E-state index in [0.717, 1.165) is 33.8 Å². The SMILES string of the molecule is c1ccc(Nc2cccc3ncnc(Nc4ccccc4)c23)cc1. The van der Waals surface area contributed by atoms with Crippen LogP contribution in [0.25, 0.3) is 10.9 Å². The van der Waals surface area contributed by atoms with Gasteiger partial charge in [0.1, 0.15) is 12.1 Å².